The van der Waals surface area contributed by atoms with Crippen LogP contribution in [-0.2, 0) is 4.79 Å². The Labute approximate surface area is 76.5 Å². The SMILES string of the molecule is C=C.C=O.CC.CCNC(C)O. The van der Waals surface area contributed by atoms with Crippen molar-refractivity contribution in [1.29, 1.82) is 0 Å². The minimum Gasteiger partial charge on any atom is -0.379 e. The summed E-state index contributed by atoms with van der Waals surface area (Å²) in [4.78, 5) is 8.00. The van der Waals surface area contributed by atoms with Gasteiger partial charge in [-0.25, -0.2) is 0 Å². The van der Waals surface area contributed by atoms with Gasteiger partial charge in [0.2, 0.25) is 0 Å². The third-order valence-electron chi connectivity index (χ3n) is 0.500. The van der Waals surface area contributed by atoms with Crippen molar-refractivity contribution in [2.45, 2.75) is 33.9 Å². The van der Waals surface area contributed by atoms with E-state index >= 15 is 0 Å². The summed E-state index contributed by atoms with van der Waals surface area (Å²) in [6.07, 6.45) is -0.352. The molecule has 0 bridgehead atoms. The quantitative estimate of drug-likeness (QED) is 0.497. The fraction of sp³-hybridized carbons (Fsp3) is 0.667. The first-order chi connectivity index (χ1) is 5.77. The average Bonchev–Trinajstić information content (AvgIpc) is 2.14. The molecule has 1 unspecified atom stereocenters. The Morgan fingerprint density at radius 1 is 1.33 bits per heavy atom. The third kappa shape index (κ3) is 119. The number of rotatable bonds is 2. The molecule has 0 spiro atoms. The molecular weight excluding hydrogens is 154 g/mol. The fourth-order valence-electron chi connectivity index (χ4n) is 0.295. The molecule has 1 atom stereocenters. The number of hydrogen-bond donors (Lipinski definition) is 2. The summed E-state index contributed by atoms with van der Waals surface area (Å²) in [5.74, 6) is 0. The molecule has 0 aromatic rings. The van der Waals surface area contributed by atoms with Gasteiger partial charge in [-0.05, 0) is 13.5 Å². The molecule has 3 nitrogen and oxygen atoms in total. The minimum atomic E-state index is -0.352. The van der Waals surface area contributed by atoms with Crippen LogP contribution in [0.1, 0.15) is 27.7 Å². The molecule has 0 radical (unpaired) electrons. The molecule has 0 heterocycles. The van der Waals surface area contributed by atoms with E-state index in [1.54, 1.807) is 6.92 Å². The van der Waals surface area contributed by atoms with Gasteiger partial charge in [0.05, 0.1) is 0 Å². The molecule has 12 heavy (non-hydrogen) atoms. The van der Waals surface area contributed by atoms with Gasteiger partial charge in [0, 0.05) is 0 Å². The van der Waals surface area contributed by atoms with Gasteiger partial charge in [0.25, 0.3) is 0 Å². The molecule has 0 saturated heterocycles. The van der Waals surface area contributed by atoms with Crippen LogP contribution in [0.25, 0.3) is 0 Å². The number of carbonyl (C=O) groups excluding carboxylic acids is 1. The van der Waals surface area contributed by atoms with Crippen molar-refractivity contribution < 1.29 is 9.90 Å². The standard InChI is InChI=1S/C4H11NO.C2H6.C2H4.CH2O/c1-3-5-4(2)6;3*1-2/h4-6H,3H2,1-2H3;1-2H3;1-2H2;1H2. The Hall–Kier alpha value is -0.670. The largest absolute Gasteiger partial charge is 0.379 e. The van der Waals surface area contributed by atoms with Gasteiger partial charge in [0.15, 0.2) is 0 Å². The highest BCUT2D eigenvalue weighted by Crippen LogP contribution is 1.65. The Morgan fingerprint density at radius 3 is 1.58 bits per heavy atom. The van der Waals surface area contributed by atoms with E-state index in [9.17, 15) is 0 Å². The molecule has 0 amide bonds. The van der Waals surface area contributed by atoms with E-state index < -0.39 is 0 Å². The van der Waals surface area contributed by atoms with Crippen molar-refractivity contribution in [3.05, 3.63) is 13.2 Å². The zero-order valence-corrected chi connectivity index (χ0v) is 8.76. The maximum Gasteiger partial charge on any atom is 0.106 e. The van der Waals surface area contributed by atoms with E-state index in [0.29, 0.717) is 0 Å². The van der Waals surface area contributed by atoms with Gasteiger partial charge in [-0.1, -0.05) is 20.8 Å². The predicted octanol–water partition coefficient (Wildman–Crippen LogP) is 1.58. The predicted molar refractivity (Wildman–Crippen MR) is 55.1 cm³/mol. The number of hydrogen-bond acceptors (Lipinski definition) is 3. The first kappa shape index (κ1) is 22.5. The molecule has 0 saturated carbocycles. The lowest BCUT2D eigenvalue weighted by molar-refractivity contribution is -0.0979. The van der Waals surface area contributed by atoms with Crippen molar-refractivity contribution in [3.63, 3.8) is 0 Å². The Bertz CT molecular complexity index is 47.8. The first-order valence-electron chi connectivity index (χ1n) is 3.97. The Kier molecular flexibility index (Phi) is 89.9. The number of nitrogens with one attached hydrogen (secondary N) is 1. The first-order valence-corrected chi connectivity index (χ1v) is 3.97. The summed E-state index contributed by atoms with van der Waals surface area (Å²) in [7, 11) is 0. The van der Waals surface area contributed by atoms with Gasteiger partial charge < -0.3 is 9.90 Å². The van der Waals surface area contributed by atoms with Gasteiger partial charge in [-0.3, -0.25) is 5.32 Å². The van der Waals surface area contributed by atoms with E-state index in [4.69, 9.17) is 9.90 Å². The topological polar surface area (TPSA) is 49.3 Å². The van der Waals surface area contributed by atoms with Crippen molar-refractivity contribution in [2.24, 2.45) is 0 Å². The summed E-state index contributed by atoms with van der Waals surface area (Å²) < 4.78 is 0. The van der Waals surface area contributed by atoms with Gasteiger partial charge >= 0.3 is 0 Å². The molecule has 0 aliphatic carbocycles. The van der Waals surface area contributed by atoms with E-state index in [-0.39, 0.29) is 6.23 Å². The maximum atomic E-state index is 8.44. The van der Waals surface area contributed by atoms with Crippen LogP contribution >= 0.6 is 0 Å². The molecule has 0 fully saturated rings. The second-order valence-electron chi connectivity index (χ2n) is 1.23. The minimum absolute atomic E-state index is 0.352. The van der Waals surface area contributed by atoms with Crippen LogP contribution in [0.3, 0.4) is 0 Å². The molecular formula is C9H23NO2. The number of aliphatic hydroxyl groups excluding tert-OH is 1. The Morgan fingerprint density at radius 2 is 1.58 bits per heavy atom. The molecule has 2 N–H and O–H groups in total. The van der Waals surface area contributed by atoms with Crippen LogP contribution in [0.5, 0.6) is 0 Å². The molecule has 0 aromatic heterocycles. The highest BCUT2D eigenvalue weighted by Gasteiger charge is 1.83. The van der Waals surface area contributed by atoms with Crippen LogP contribution in [-0.4, -0.2) is 24.7 Å². The summed E-state index contributed by atoms with van der Waals surface area (Å²) >= 11 is 0. The lowest BCUT2D eigenvalue weighted by Crippen LogP contribution is -2.24. The molecule has 0 aliphatic rings. The van der Waals surface area contributed by atoms with Crippen LogP contribution in [0.2, 0.25) is 0 Å². The summed E-state index contributed by atoms with van der Waals surface area (Å²) in [6, 6.07) is 0. The van der Waals surface area contributed by atoms with Crippen molar-refractivity contribution in [1.82, 2.24) is 5.32 Å². The highest BCUT2D eigenvalue weighted by molar-refractivity contribution is 5.10. The summed E-state index contributed by atoms with van der Waals surface area (Å²) in [5, 5.41) is 11.2. The van der Waals surface area contributed by atoms with E-state index in [2.05, 4.69) is 18.5 Å². The zero-order valence-electron chi connectivity index (χ0n) is 8.76. The van der Waals surface area contributed by atoms with Crippen LogP contribution in [0.15, 0.2) is 13.2 Å². The Balaban J connectivity index is -0.0000000453. The van der Waals surface area contributed by atoms with E-state index in [0.717, 1.165) is 6.54 Å². The second kappa shape index (κ2) is 48.0. The second-order valence-corrected chi connectivity index (χ2v) is 1.23. The fourth-order valence-corrected chi connectivity index (χ4v) is 0.295. The van der Waals surface area contributed by atoms with Gasteiger partial charge in [-0.2, -0.15) is 0 Å². The normalized spacial score (nSPS) is 8.42. The summed E-state index contributed by atoms with van der Waals surface area (Å²) in [6.45, 7) is 16.5. The third-order valence-corrected chi connectivity index (χ3v) is 0.500. The highest BCUT2D eigenvalue weighted by atomic mass is 16.3. The van der Waals surface area contributed by atoms with Crippen LogP contribution in [0, 0.1) is 0 Å². The number of carbonyl (C=O) groups is 1. The molecule has 0 aromatic carbocycles. The van der Waals surface area contributed by atoms with Crippen molar-refractivity contribution in [2.75, 3.05) is 6.54 Å². The van der Waals surface area contributed by atoms with Crippen LogP contribution in [0.4, 0.5) is 0 Å². The molecule has 3 heteroatoms. The summed E-state index contributed by atoms with van der Waals surface area (Å²) in [5.41, 5.74) is 0. The van der Waals surface area contributed by atoms with E-state index in [1.807, 2.05) is 27.6 Å². The van der Waals surface area contributed by atoms with Crippen molar-refractivity contribution >= 4 is 6.79 Å². The molecule has 76 valence electrons. The zero-order chi connectivity index (χ0) is 11.0. The van der Waals surface area contributed by atoms with Gasteiger partial charge in [-0.15, -0.1) is 13.2 Å². The lowest BCUT2D eigenvalue weighted by atomic mass is 10.6. The maximum absolute atomic E-state index is 8.44. The van der Waals surface area contributed by atoms with Crippen LogP contribution < -0.4 is 5.32 Å². The lowest BCUT2D eigenvalue weighted by Gasteiger charge is -2.00. The molecule has 0 rings (SSSR count). The smallest absolute Gasteiger partial charge is 0.106 e. The number of aliphatic hydroxyl groups is 1. The monoisotopic (exact) mass is 177 g/mol. The molecule has 0 aliphatic heterocycles. The van der Waals surface area contributed by atoms with E-state index in [1.165, 1.54) is 0 Å². The van der Waals surface area contributed by atoms with Crippen molar-refractivity contribution in [3.8, 4) is 0 Å². The average molecular weight is 177 g/mol. The van der Waals surface area contributed by atoms with Gasteiger partial charge in [0.1, 0.15) is 13.0 Å².